The normalized spacial score (nSPS) is 12.4. The molecule has 1 unspecified atom stereocenters. The largest absolute Gasteiger partial charge is 0.480 e. The molecule has 0 bridgehead atoms. The minimum absolute atomic E-state index is 0.0313. The zero-order valence-electron chi connectivity index (χ0n) is 20.6. The summed E-state index contributed by atoms with van der Waals surface area (Å²) in [6.07, 6.45) is -0.608. The molecule has 0 aromatic heterocycles. The molecule has 8 nitrogen and oxygen atoms in total. The molecule has 3 aromatic rings. The van der Waals surface area contributed by atoms with Crippen LogP contribution < -0.4 is 14.8 Å². The Morgan fingerprint density at radius 3 is 1.81 bits per heavy atom. The average molecular weight is 511 g/mol. The van der Waals surface area contributed by atoms with E-state index in [2.05, 4.69) is 23.9 Å². The summed E-state index contributed by atoms with van der Waals surface area (Å²) in [4.78, 5) is 23.5. The van der Waals surface area contributed by atoms with Gasteiger partial charge in [-0.05, 0) is 64.9 Å². The van der Waals surface area contributed by atoms with Crippen LogP contribution >= 0.6 is 0 Å². The van der Waals surface area contributed by atoms with Crippen molar-refractivity contribution in [3.05, 3.63) is 78.4 Å². The highest BCUT2D eigenvalue weighted by Crippen LogP contribution is 2.25. The molecule has 3 rings (SSSR count). The summed E-state index contributed by atoms with van der Waals surface area (Å²) in [5, 5.41) is 12.0. The van der Waals surface area contributed by atoms with E-state index in [1.165, 1.54) is 17.7 Å². The van der Waals surface area contributed by atoms with Crippen molar-refractivity contribution in [1.82, 2.24) is 4.72 Å². The highest BCUT2D eigenvalue weighted by molar-refractivity contribution is 7.89. The Kier molecular flexibility index (Phi) is 8.49. The molecule has 190 valence electrons. The lowest BCUT2D eigenvalue weighted by molar-refractivity contribution is -0.140. The van der Waals surface area contributed by atoms with Crippen molar-refractivity contribution >= 4 is 27.8 Å². The fourth-order valence-corrected chi connectivity index (χ4v) is 4.79. The van der Waals surface area contributed by atoms with Gasteiger partial charge in [-0.3, -0.25) is 10.1 Å². The molecular formula is C27H30N2O6S. The molecule has 0 saturated carbocycles. The van der Waals surface area contributed by atoms with Gasteiger partial charge in [0.25, 0.3) is 0 Å². The zero-order valence-corrected chi connectivity index (χ0v) is 21.4. The van der Waals surface area contributed by atoms with Crippen LogP contribution in [0.3, 0.4) is 0 Å². The minimum atomic E-state index is -4.00. The van der Waals surface area contributed by atoms with Crippen LogP contribution in [0, 0.1) is 5.92 Å². The number of ether oxygens (including phenoxy) is 1. The van der Waals surface area contributed by atoms with Gasteiger partial charge in [-0.1, -0.05) is 64.1 Å². The lowest BCUT2D eigenvalue weighted by Crippen LogP contribution is -2.44. The third-order valence-electron chi connectivity index (χ3n) is 5.60. The van der Waals surface area contributed by atoms with E-state index in [4.69, 9.17) is 4.74 Å². The van der Waals surface area contributed by atoms with Gasteiger partial charge in [0.1, 0.15) is 11.8 Å². The molecule has 0 heterocycles. The van der Waals surface area contributed by atoms with E-state index in [1.54, 1.807) is 50.2 Å². The average Bonchev–Trinajstić information content (AvgIpc) is 2.83. The lowest BCUT2D eigenvalue weighted by atomic mass is 10.0. The zero-order chi connectivity index (χ0) is 26.5. The van der Waals surface area contributed by atoms with E-state index >= 15 is 0 Å². The molecule has 0 aliphatic rings. The minimum Gasteiger partial charge on any atom is -0.480 e. The van der Waals surface area contributed by atoms with Crippen molar-refractivity contribution < 1.29 is 27.9 Å². The van der Waals surface area contributed by atoms with Gasteiger partial charge in [-0.2, -0.15) is 4.72 Å². The summed E-state index contributed by atoms with van der Waals surface area (Å²) in [6, 6.07) is 19.2. The molecule has 3 N–H and O–H groups in total. The van der Waals surface area contributed by atoms with Crippen LogP contribution in [0.25, 0.3) is 11.1 Å². The van der Waals surface area contributed by atoms with Crippen LogP contribution in [0.2, 0.25) is 0 Å². The SMILES string of the molecule is CC(C)c1ccc(NC(=O)Oc2ccc(-c3ccc(S(=O)(=O)NC(C(=O)O)C(C)C)cc3)cc2)cc1. The maximum absolute atomic E-state index is 12.6. The molecule has 9 heteroatoms. The Morgan fingerprint density at radius 2 is 1.33 bits per heavy atom. The number of carboxylic acid groups (broad SMARTS) is 1. The Bertz CT molecular complexity index is 1300. The van der Waals surface area contributed by atoms with Crippen LogP contribution in [0.5, 0.6) is 5.75 Å². The summed E-state index contributed by atoms with van der Waals surface area (Å²) in [5.41, 5.74) is 3.34. The number of carbonyl (C=O) groups excluding carboxylic acids is 1. The van der Waals surface area contributed by atoms with Crippen molar-refractivity contribution in [3.8, 4) is 16.9 Å². The molecule has 1 amide bonds. The number of aliphatic carboxylic acids is 1. The molecule has 0 aliphatic carbocycles. The molecule has 0 fully saturated rings. The quantitative estimate of drug-likeness (QED) is 0.351. The fraction of sp³-hybridized carbons (Fsp3) is 0.259. The molecule has 0 spiro atoms. The molecule has 0 aliphatic heterocycles. The van der Waals surface area contributed by atoms with E-state index in [-0.39, 0.29) is 4.90 Å². The number of carboxylic acids is 1. The van der Waals surface area contributed by atoms with E-state index < -0.39 is 34.0 Å². The summed E-state index contributed by atoms with van der Waals surface area (Å²) in [6.45, 7) is 7.45. The van der Waals surface area contributed by atoms with Crippen molar-refractivity contribution in [1.29, 1.82) is 0 Å². The molecule has 3 aromatic carbocycles. The van der Waals surface area contributed by atoms with Crippen molar-refractivity contribution in [2.45, 2.75) is 44.6 Å². The first kappa shape index (κ1) is 26.9. The van der Waals surface area contributed by atoms with Gasteiger partial charge in [0.2, 0.25) is 10.0 Å². The van der Waals surface area contributed by atoms with Gasteiger partial charge in [-0.15, -0.1) is 0 Å². The molecule has 1 atom stereocenters. The monoisotopic (exact) mass is 510 g/mol. The topological polar surface area (TPSA) is 122 Å². The highest BCUT2D eigenvalue weighted by atomic mass is 32.2. The number of hydrogen-bond acceptors (Lipinski definition) is 5. The lowest BCUT2D eigenvalue weighted by Gasteiger charge is -2.18. The number of sulfonamides is 1. The summed E-state index contributed by atoms with van der Waals surface area (Å²) in [5.74, 6) is -0.891. The maximum Gasteiger partial charge on any atom is 0.417 e. The standard InChI is InChI=1S/C27H30N2O6S/c1-17(2)19-5-11-22(12-6-19)28-27(32)35-23-13-7-20(8-14-23)21-9-15-24(16-10-21)36(33,34)29-25(18(3)4)26(30)31/h5-18,25,29H,1-4H3,(H,28,32)(H,30,31). The summed E-state index contributed by atoms with van der Waals surface area (Å²) in [7, 11) is -4.00. The Balaban J connectivity index is 1.64. The number of benzene rings is 3. The van der Waals surface area contributed by atoms with Gasteiger partial charge in [0.15, 0.2) is 0 Å². The van der Waals surface area contributed by atoms with Gasteiger partial charge in [-0.25, -0.2) is 13.2 Å². The van der Waals surface area contributed by atoms with Crippen molar-refractivity contribution in [2.75, 3.05) is 5.32 Å². The van der Waals surface area contributed by atoms with Gasteiger partial charge < -0.3 is 9.84 Å². The second-order valence-electron chi connectivity index (χ2n) is 9.02. The first-order valence-electron chi connectivity index (χ1n) is 11.5. The first-order chi connectivity index (χ1) is 17.0. The number of nitrogens with one attached hydrogen (secondary N) is 2. The number of amides is 1. The van der Waals surface area contributed by atoms with E-state index in [0.717, 1.165) is 11.1 Å². The number of rotatable bonds is 9. The van der Waals surface area contributed by atoms with Crippen molar-refractivity contribution in [2.24, 2.45) is 5.92 Å². The second kappa shape index (κ2) is 11.4. The first-order valence-corrected chi connectivity index (χ1v) is 13.0. The second-order valence-corrected chi connectivity index (χ2v) is 10.7. The van der Waals surface area contributed by atoms with Gasteiger partial charge >= 0.3 is 12.1 Å². The maximum atomic E-state index is 12.6. The van der Waals surface area contributed by atoms with E-state index in [0.29, 0.717) is 17.4 Å². The van der Waals surface area contributed by atoms with Crippen LogP contribution in [0.4, 0.5) is 10.5 Å². The van der Waals surface area contributed by atoms with Crippen molar-refractivity contribution in [3.63, 3.8) is 0 Å². The number of hydrogen-bond donors (Lipinski definition) is 3. The molecule has 0 saturated heterocycles. The third-order valence-corrected chi connectivity index (χ3v) is 7.06. The number of carbonyl (C=O) groups is 2. The van der Waals surface area contributed by atoms with E-state index in [9.17, 15) is 23.1 Å². The predicted octanol–water partition coefficient (Wildman–Crippen LogP) is 5.48. The highest BCUT2D eigenvalue weighted by Gasteiger charge is 2.28. The summed E-state index contributed by atoms with van der Waals surface area (Å²) >= 11 is 0. The molecule has 0 radical (unpaired) electrons. The summed E-state index contributed by atoms with van der Waals surface area (Å²) < 4.78 is 32.8. The van der Waals surface area contributed by atoms with Crippen LogP contribution in [0.15, 0.2) is 77.7 Å². The van der Waals surface area contributed by atoms with Crippen LogP contribution in [-0.2, 0) is 14.8 Å². The third kappa shape index (κ3) is 6.93. The predicted molar refractivity (Wildman–Crippen MR) is 139 cm³/mol. The molecular weight excluding hydrogens is 480 g/mol. The fourth-order valence-electron chi connectivity index (χ4n) is 3.45. The smallest absolute Gasteiger partial charge is 0.417 e. The molecule has 36 heavy (non-hydrogen) atoms. The van der Waals surface area contributed by atoms with Gasteiger partial charge in [0.05, 0.1) is 4.90 Å². The van der Waals surface area contributed by atoms with Gasteiger partial charge in [0, 0.05) is 5.69 Å². The Labute approximate surface area is 211 Å². The Hall–Kier alpha value is -3.69. The van der Waals surface area contributed by atoms with Crippen LogP contribution in [0.1, 0.15) is 39.2 Å². The van der Waals surface area contributed by atoms with Crippen LogP contribution in [-0.4, -0.2) is 31.6 Å². The van der Waals surface area contributed by atoms with E-state index in [1.807, 2.05) is 24.3 Å². The Morgan fingerprint density at radius 1 is 0.806 bits per heavy atom. The number of anilines is 1.